The summed E-state index contributed by atoms with van der Waals surface area (Å²) in [6, 6.07) is 8.35. The van der Waals surface area contributed by atoms with Gasteiger partial charge in [0.15, 0.2) is 0 Å². The predicted octanol–water partition coefficient (Wildman–Crippen LogP) is 3.52. The number of rotatable bonds is 5. The van der Waals surface area contributed by atoms with Crippen LogP contribution in [-0.4, -0.2) is 30.2 Å². The highest BCUT2D eigenvalue weighted by molar-refractivity contribution is 7.09. The zero-order valence-electron chi connectivity index (χ0n) is 14.6. The largest absolute Gasteiger partial charge is 0.372 e. The number of hydrogen-bond acceptors (Lipinski definition) is 5. The van der Waals surface area contributed by atoms with E-state index in [9.17, 15) is 4.79 Å². The number of carbonyl (C=O) groups is 1. The first kappa shape index (κ1) is 17.6. The summed E-state index contributed by atoms with van der Waals surface area (Å²) in [5.41, 5.74) is 5.75. The highest BCUT2D eigenvalue weighted by Gasteiger charge is 2.09. The number of hydrazone groups is 1. The van der Waals surface area contributed by atoms with Gasteiger partial charge in [0.25, 0.3) is 0 Å². The molecular weight excluding hydrogens is 332 g/mol. The fourth-order valence-corrected chi connectivity index (χ4v) is 3.71. The van der Waals surface area contributed by atoms with Crippen molar-refractivity contribution in [3.8, 4) is 0 Å². The van der Waals surface area contributed by atoms with Crippen molar-refractivity contribution < 1.29 is 4.79 Å². The maximum absolute atomic E-state index is 11.8. The minimum Gasteiger partial charge on any atom is -0.372 e. The molecule has 1 saturated heterocycles. The summed E-state index contributed by atoms with van der Waals surface area (Å²) in [5.74, 6) is -0.146. The summed E-state index contributed by atoms with van der Waals surface area (Å²) >= 11 is 1.50. The minimum absolute atomic E-state index is 0.146. The zero-order chi connectivity index (χ0) is 17.5. The molecule has 1 N–H and O–H groups in total. The average molecular weight is 356 g/mol. The van der Waals surface area contributed by atoms with Crippen LogP contribution in [-0.2, 0) is 11.2 Å². The van der Waals surface area contributed by atoms with Gasteiger partial charge in [0, 0.05) is 29.9 Å². The normalized spacial score (nSPS) is 15.3. The third kappa shape index (κ3) is 5.39. The van der Waals surface area contributed by atoms with Gasteiger partial charge < -0.3 is 4.90 Å². The highest BCUT2D eigenvalue weighted by Crippen LogP contribution is 2.19. The summed E-state index contributed by atoms with van der Waals surface area (Å²) in [4.78, 5) is 18.6. The Morgan fingerprint density at radius 2 is 1.96 bits per heavy atom. The summed E-state index contributed by atoms with van der Waals surface area (Å²) < 4.78 is 0. The number of hydrogen-bond donors (Lipinski definition) is 1. The van der Waals surface area contributed by atoms with Gasteiger partial charge in [-0.3, -0.25) is 4.79 Å². The minimum atomic E-state index is -0.146. The van der Waals surface area contributed by atoms with E-state index in [0.29, 0.717) is 0 Å². The summed E-state index contributed by atoms with van der Waals surface area (Å²) in [6.45, 7) is 4.20. The number of anilines is 1. The Balaban J connectivity index is 1.50. The maximum atomic E-state index is 11.8. The third-order valence-electron chi connectivity index (χ3n) is 4.25. The van der Waals surface area contributed by atoms with Gasteiger partial charge in [-0.15, -0.1) is 11.3 Å². The van der Waals surface area contributed by atoms with E-state index in [0.717, 1.165) is 29.4 Å². The Hall–Kier alpha value is -2.21. The summed E-state index contributed by atoms with van der Waals surface area (Å²) in [6.07, 6.45) is 7.16. The molecule has 0 spiro atoms. The van der Waals surface area contributed by atoms with Crippen LogP contribution in [0.25, 0.3) is 0 Å². The van der Waals surface area contributed by atoms with Crippen LogP contribution in [0.4, 0.5) is 5.69 Å². The van der Waals surface area contributed by atoms with Gasteiger partial charge in [0.1, 0.15) is 5.01 Å². The van der Waals surface area contributed by atoms with E-state index in [-0.39, 0.29) is 12.3 Å². The van der Waals surface area contributed by atoms with E-state index in [1.165, 1.54) is 42.7 Å². The maximum Gasteiger partial charge on any atom is 0.246 e. The van der Waals surface area contributed by atoms with Crippen molar-refractivity contribution in [1.29, 1.82) is 0 Å². The van der Waals surface area contributed by atoms with Crippen LogP contribution in [0.3, 0.4) is 0 Å². The molecule has 2 aromatic rings. The molecule has 0 atom stereocenters. The standard InChI is InChI=1S/C19H24N4OS/c1-15-14-25-19(21-15)12-18(24)22-20-13-16-6-8-17(9-7-16)23-10-4-2-3-5-11-23/h6-9,13-14H,2-5,10-12H2,1H3,(H,22,24)/b20-13-. The van der Waals surface area contributed by atoms with E-state index < -0.39 is 0 Å². The quantitative estimate of drug-likeness (QED) is 0.659. The van der Waals surface area contributed by atoms with Gasteiger partial charge in [0.2, 0.25) is 5.91 Å². The van der Waals surface area contributed by atoms with E-state index >= 15 is 0 Å². The van der Waals surface area contributed by atoms with Crippen molar-refractivity contribution in [3.05, 3.63) is 45.9 Å². The second-order valence-electron chi connectivity index (χ2n) is 6.35. The second kappa shape index (κ2) is 8.76. The molecule has 3 rings (SSSR count). The highest BCUT2D eigenvalue weighted by atomic mass is 32.1. The lowest BCUT2D eigenvalue weighted by molar-refractivity contribution is -0.120. The Kier molecular flexibility index (Phi) is 6.17. The van der Waals surface area contributed by atoms with Crippen LogP contribution in [0.1, 0.15) is 41.9 Å². The molecule has 5 nitrogen and oxygen atoms in total. The third-order valence-corrected chi connectivity index (χ3v) is 5.21. The number of benzene rings is 1. The smallest absolute Gasteiger partial charge is 0.246 e. The Bertz CT molecular complexity index is 715. The lowest BCUT2D eigenvalue weighted by atomic mass is 10.2. The van der Waals surface area contributed by atoms with Gasteiger partial charge in [-0.1, -0.05) is 25.0 Å². The van der Waals surface area contributed by atoms with E-state index in [1.807, 2.05) is 24.4 Å². The first-order chi connectivity index (χ1) is 12.2. The molecule has 1 aliphatic rings. The van der Waals surface area contributed by atoms with Gasteiger partial charge in [-0.05, 0) is 37.5 Å². The molecule has 0 aliphatic carbocycles. The van der Waals surface area contributed by atoms with Crippen molar-refractivity contribution in [2.45, 2.75) is 39.0 Å². The fourth-order valence-electron chi connectivity index (χ4n) is 2.94. The van der Waals surface area contributed by atoms with E-state index in [4.69, 9.17) is 0 Å². The molecule has 1 aromatic heterocycles. The number of amides is 1. The Labute approximate surface area is 152 Å². The van der Waals surface area contributed by atoms with Gasteiger partial charge in [-0.2, -0.15) is 5.10 Å². The average Bonchev–Trinajstić information content (AvgIpc) is 2.86. The Morgan fingerprint density at radius 1 is 1.24 bits per heavy atom. The SMILES string of the molecule is Cc1csc(CC(=O)N/N=C\c2ccc(N3CCCCCC3)cc2)n1. The summed E-state index contributed by atoms with van der Waals surface area (Å²) in [5, 5.41) is 6.79. The van der Waals surface area contributed by atoms with Crippen LogP contribution in [0, 0.1) is 6.92 Å². The van der Waals surface area contributed by atoms with Crippen molar-refractivity contribution >= 4 is 29.1 Å². The lowest BCUT2D eigenvalue weighted by Gasteiger charge is -2.22. The molecule has 0 saturated carbocycles. The Morgan fingerprint density at radius 3 is 2.60 bits per heavy atom. The molecule has 0 unspecified atom stereocenters. The van der Waals surface area contributed by atoms with Gasteiger partial charge in [0.05, 0.1) is 12.6 Å². The molecule has 6 heteroatoms. The molecule has 132 valence electrons. The molecule has 25 heavy (non-hydrogen) atoms. The molecule has 2 heterocycles. The van der Waals surface area contributed by atoms with Crippen LogP contribution in [0.15, 0.2) is 34.7 Å². The predicted molar refractivity (Wildman–Crippen MR) is 103 cm³/mol. The van der Waals surface area contributed by atoms with Crippen LogP contribution >= 0.6 is 11.3 Å². The number of thiazole rings is 1. The molecule has 0 bridgehead atoms. The zero-order valence-corrected chi connectivity index (χ0v) is 15.4. The van der Waals surface area contributed by atoms with Gasteiger partial charge in [-0.25, -0.2) is 10.4 Å². The molecule has 1 aliphatic heterocycles. The van der Waals surface area contributed by atoms with E-state index in [2.05, 4.69) is 32.5 Å². The molecule has 0 radical (unpaired) electrons. The number of aromatic nitrogens is 1. The van der Waals surface area contributed by atoms with Gasteiger partial charge >= 0.3 is 0 Å². The fraction of sp³-hybridized carbons (Fsp3) is 0.421. The topological polar surface area (TPSA) is 57.6 Å². The number of nitrogens with one attached hydrogen (secondary N) is 1. The van der Waals surface area contributed by atoms with Crippen LogP contribution < -0.4 is 10.3 Å². The van der Waals surface area contributed by atoms with Crippen molar-refractivity contribution in [2.75, 3.05) is 18.0 Å². The van der Waals surface area contributed by atoms with Crippen molar-refractivity contribution in [1.82, 2.24) is 10.4 Å². The van der Waals surface area contributed by atoms with E-state index in [1.54, 1.807) is 6.21 Å². The van der Waals surface area contributed by atoms with Crippen molar-refractivity contribution in [3.63, 3.8) is 0 Å². The second-order valence-corrected chi connectivity index (χ2v) is 7.29. The van der Waals surface area contributed by atoms with Crippen LogP contribution in [0.2, 0.25) is 0 Å². The molecule has 1 amide bonds. The number of aryl methyl sites for hydroxylation is 1. The number of nitrogens with zero attached hydrogens (tertiary/aromatic N) is 3. The van der Waals surface area contributed by atoms with Crippen molar-refractivity contribution in [2.24, 2.45) is 5.10 Å². The summed E-state index contributed by atoms with van der Waals surface area (Å²) in [7, 11) is 0. The number of carbonyl (C=O) groups excluding carboxylic acids is 1. The monoisotopic (exact) mass is 356 g/mol. The first-order valence-electron chi connectivity index (χ1n) is 8.78. The van der Waals surface area contributed by atoms with Crippen LogP contribution in [0.5, 0.6) is 0 Å². The molecule has 1 aromatic carbocycles. The first-order valence-corrected chi connectivity index (χ1v) is 9.66. The lowest BCUT2D eigenvalue weighted by Crippen LogP contribution is -2.23. The molecule has 1 fully saturated rings. The molecular formula is C19H24N4OS.